The maximum Gasteiger partial charge on any atom is 0.223 e. The Bertz CT molecular complexity index is 1010. The Kier molecular flexibility index (Phi) is 5.53. The molecule has 5 nitrogen and oxygen atoms in total. The van der Waals surface area contributed by atoms with Crippen molar-refractivity contribution in [3.8, 4) is 0 Å². The second-order valence-electron chi connectivity index (χ2n) is 10.4. The molecule has 1 heterocycles. The SMILES string of the molecule is C[C@H](C(=O)NC1CC1)C1CC[C@@]2(C)Cc3sc(Nc4ccc(F)cc4)nc3[C@@H](C)[C@@H]2[C@H]1O. The lowest BCUT2D eigenvalue weighted by molar-refractivity contribution is -0.134. The minimum absolute atomic E-state index is 0.00526. The molecule has 6 atom stereocenters. The first kappa shape index (κ1) is 21.8. The van der Waals surface area contributed by atoms with E-state index in [1.165, 1.54) is 17.0 Å². The highest BCUT2D eigenvalue weighted by atomic mass is 32.1. The van der Waals surface area contributed by atoms with E-state index >= 15 is 0 Å². The van der Waals surface area contributed by atoms with Gasteiger partial charge in [0, 0.05) is 28.4 Å². The minimum Gasteiger partial charge on any atom is -0.392 e. The zero-order chi connectivity index (χ0) is 22.6. The van der Waals surface area contributed by atoms with Crippen LogP contribution in [0.15, 0.2) is 24.3 Å². The first-order valence-electron chi connectivity index (χ1n) is 11.8. The number of carbonyl (C=O) groups excluding carboxylic acids is 1. The van der Waals surface area contributed by atoms with Crippen LogP contribution in [-0.2, 0) is 11.2 Å². The fourth-order valence-corrected chi connectivity index (χ4v) is 7.30. The van der Waals surface area contributed by atoms with Gasteiger partial charge in [-0.1, -0.05) is 20.8 Å². The van der Waals surface area contributed by atoms with Crippen LogP contribution in [0.2, 0.25) is 0 Å². The number of anilines is 2. The first-order valence-corrected chi connectivity index (χ1v) is 12.6. The summed E-state index contributed by atoms with van der Waals surface area (Å²) in [6, 6.07) is 6.63. The number of aromatic nitrogens is 1. The number of hydrogen-bond donors (Lipinski definition) is 3. The van der Waals surface area contributed by atoms with E-state index in [4.69, 9.17) is 4.98 Å². The van der Waals surface area contributed by atoms with Crippen molar-refractivity contribution in [2.45, 2.75) is 70.9 Å². The number of amides is 1. The van der Waals surface area contributed by atoms with Gasteiger partial charge in [-0.05, 0) is 73.6 Å². The molecule has 1 amide bonds. The Balaban J connectivity index is 1.36. The number of hydrogen-bond acceptors (Lipinski definition) is 5. The lowest BCUT2D eigenvalue weighted by Crippen LogP contribution is -2.53. The number of rotatable bonds is 5. The van der Waals surface area contributed by atoms with E-state index in [9.17, 15) is 14.3 Å². The molecule has 1 aromatic carbocycles. The van der Waals surface area contributed by atoms with Crippen molar-refractivity contribution in [1.29, 1.82) is 0 Å². The molecule has 172 valence electrons. The number of aliphatic hydroxyl groups excluding tert-OH is 1. The summed E-state index contributed by atoms with van der Waals surface area (Å²) in [7, 11) is 0. The third-order valence-corrected chi connectivity index (χ3v) is 8.98. The molecule has 1 aromatic heterocycles. The van der Waals surface area contributed by atoms with Gasteiger partial charge in [0.1, 0.15) is 5.82 Å². The second kappa shape index (κ2) is 8.10. The molecule has 5 rings (SSSR count). The summed E-state index contributed by atoms with van der Waals surface area (Å²) in [6.07, 6.45) is 4.39. The zero-order valence-electron chi connectivity index (χ0n) is 18.9. The van der Waals surface area contributed by atoms with Crippen LogP contribution in [0, 0.1) is 29.0 Å². The molecule has 0 saturated heterocycles. The van der Waals surface area contributed by atoms with Crippen LogP contribution < -0.4 is 10.6 Å². The summed E-state index contributed by atoms with van der Waals surface area (Å²) < 4.78 is 13.2. The van der Waals surface area contributed by atoms with Gasteiger partial charge in [-0.2, -0.15) is 0 Å². The number of nitrogens with zero attached hydrogens (tertiary/aromatic N) is 1. The molecule has 2 aromatic rings. The summed E-state index contributed by atoms with van der Waals surface area (Å²) >= 11 is 1.66. The second-order valence-corrected chi connectivity index (χ2v) is 11.5. The Morgan fingerprint density at radius 1 is 1.28 bits per heavy atom. The molecule has 0 aliphatic heterocycles. The summed E-state index contributed by atoms with van der Waals surface area (Å²) in [5, 5.41) is 18.7. The molecule has 2 fully saturated rings. The van der Waals surface area contributed by atoms with Crippen LogP contribution in [0.1, 0.15) is 62.9 Å². The zero-order valence-corrected chi connectivity index (χ0v) is 19.7. The Hall–Kier alpha value is -1.99. The minimum atomic E-state index is -0.521. The van der Waals surface area contributed by atoms with Gasteiger partial charge < -0.3 is 15.7 Å². The fourth-order valence-electron chi connectivity index (χ4n) is 6.01. The van der Waals surface area contributed by atoms with Gasteiger partial charge in [0.15, 0.2) is 5.13 Å². The smallest absolute Gasteiger partial charge is 0.223 e. The van der Waals surface area contributed by atoms with Crippen LogP contribution in [0.25, 0.3) is 0 Å². The highest BCUT2D eigenvalue weighted by Crippen LogP contribution is 2.57. The van der Waals surface area contributed by atoms with E-state index in [0.717, 1.165) is 48.6 Å². The largest absolute Gasteiger partial charge is 0.392 e. The summed E-state index contributed by atoms with van der Waals surface area (Å²) in [6.45, 7) is 6.43. The van der Waals surface area contributed by atoms with E-state index in [0.29, 0.717) is 6.04 Å². The molecule has 3 aliphatic rings. The van der Waals surface area contributed by atoms with Crippen LogP contribution in [0.3, 0.4) is 0 Å². The van der Waals surface area contributed by atoms with E-state index in [-0.39, 0.29) is 40.8 Å². The summed E-state index contributed by atoms with van der Waals surface area (Å²) in [4.78, 5) is 18.8. The highest BCUT2D eigenvalue weighted by Gasteiger charge is 2.54. The number of halogens is 1. The predicted octanol–water partition coefficient (Wildman–Crippen LogP) is 4.99. The summed E-state index contributed by atoms with van der Waals surface area (Å²) in [5.74, 6) is -0.195. The van der Waals surface area contributed by atoms with Crippen molar-refractivity contribution in [2.24, 2.45) is 23.2 Å². The number of aliphatic hydroxyl groups is 1. The van der Waals surface area contributed by atoms with Gasteiger partial charge >= 0.3 is 0 Å². The maximum atomic E-state index is 13.2. The number of benzene rings is 1. The van der Waals surface area contributed by atoms with Gasteiger partial charge in [-0.15, -0.1) is 11.3 Å². The standard InChI is InChI=1S/C25H32FN3O2S/c1-13(23(31)27-16-8-9-16)18-10-11-25(3)12-19-21(14(2)20(25)22(18)30)29-24(32-19)28-17-6-4-15(26)5-7-17/h4-7,13-14,16,18,20,22,30H,8-12H2,1-3H3,(H,27,31)(H,28,29)/t13-,14-,18?,20+,22-,25-/m0/s1. The number of carbonyl (C=O) groups is 1. The number of fused-ring (bicyclic) bond motifs is 2. The molecule has 2 saturated carbocycles. The highest BCUT2D eigenvalue weighted by molar-refractivity contribution is 7.15. The van der Waals surface area contributed by atoms with Gasteiger partial charge in [0.25, 0.3) is 0 Å². The molecule has 0 spiro atoms. The monoisotopic (exact) mass is 457 g/mol. The molecule has 3 N–H and O–H groups in total. The molecule has 32 heavy (non-hydrogen) atoms. The predicted molar refractivity (Wildman–Crippen MR) is 125 cm³/mol. The third kappa shape index (κ3) is 3.94. The van der Waals surface area contributed by atoms with Crippen molar-refractivity contribution in [1.82, 2.24) is 10.3 Å². The van der Waals surface area contributed by atoms with E-state index in [1.807, 2.05) is 6.92 Å². The lowest BCUT2D eigenvalue weighted by atomic mass is 9.53. The van der Waals surface area contributed by atoms with Crippen LogP contribution in [0.4, 0.5) is 15.2 Å². The van der Waals surface area contributed by atoms with Gasteiger partial charge in [0.05, 0.1) is 11.8 Å². The molecule has 0 bridgehead atoms. The Labute approximate surface area is 192 Å². The Morgan fingerprint density at radius 2 is 2.00 bits per heavy atom. The molecular formula is C25H32FN3O2S. The third-order valence-electron chi connectivity index (χ3n) is 8.00. The number of thiazole rings is 1. The van der Waals surface area contributed by atoms with E-state index in [2.05, 4.69) is 24.5 Å². The quantitative estimate of drug-likeness (QED) is 0.591. The van der Waals surface area contributed by atoms with Crippen molar-refractivity contribution in [2.75, 3.05) is 5.32 Å². The maximum absolute atomic E-state index is 13.2. The molecule has 3 aliphatic carbocycles. The van der Waals surface area contributed by atoms with E-state index in [1.54, 1.807) is 23.5 Å². The first-order chi connectivity index (χ1) is 15.2. The molecule has 0 radical (unpaired) electrons. The average molecular weight is 458 g/mol. The van der Waals surface area contributed by atoms with Crippen molar-refractivity contribution in [3.63, 3.8) is 0 Å². The average Bonchev–Trinajstić information content (AvgIpc) is 3.47. The lowest BCUT2D eigenvalue weighted by Gasteiger charge is -2.53. The van der Waals surface area contributed by atoms with Gasteiger partial charge in [0.2, 0.25) is 5.91 Å². The number of nitrogens with one attached hydrogen (secondary N) is 2. The molecular weight excluding hydrogens is 425 g/mol. The Morgan fingerprint density at radius 3 is 2.69 bits per heavy atom. The molecule has 7 heteroatoms. The van der Waals surface area contributed by atoms with E-state index < -0.39 is 6.10 Å². The fraction of sp³-hybridized carbons (Fsp3) is 0.600. The van der Waals surface area contributed by atoms with Crippen LogP contribution in [0.5, 0.6) is 0 Å². The van der Waals surface area contributed by atoms with Crippen molar-refractivity contribution >= 4 is 28.1 Å². The molecule has 1 unspecified atom stereocenters. The summed E-state index contributed by atoms with van der Waals surface area (Å²) in [5.41, 5.74) is 1.86. The van der Waals surface area contributed by atoms with Crippen LogP contribution in [-0.4, -0.2) is 28.1 Å². The van der Waals surface area contributed by atoms with Crippen molar-refractivity contribution in [3.05, 3.63) is 40.7 Å². The van der Waals surface area contributed by atoms with Gasteiger partial charge in [-0.25, -0.2) is 9.37 Å². The van der Waals surface area contributed by atoms with Crippen LogP contribution >= 0.6 is 11.3 Å². The normalized spacial score (nSPS) is 32.5. The van der Waals surface area contributed by atoms with Gasteiger partial charge in [-0.3, -0.25) is 4.79 Å². The topological polar surface area (TPSA) is 74.2 Å². The van der Waals surface area contributed by atoms with Crippen molar-refractivity contribution < 1.29 is 14.3 Å².